The van der Waals surface area contributed by atoms with Crippen LogP contribution in [-0.2, 0) is 0 Å². The van der Waals surface area contributed by atoms with Crippen LogP contribution in [0.25, 0.3) is 10.9 Å². The number of ether oxygens (including phenoxy) is 1. The van der Waals surface area contributed by atoms with Crippen molar-refractivity contribution >= 4 is 26.8 Å². The zero-order chi connectivity index (χ0) is 9.42. The predicted octanol–water partition coefficient (Wildman–Crippen LogP) is 3.25. The van der Waals surface area contributed by atoms with E-state index in [9.17, 15) is 0 Å². The number of benzene rings is 1. The van der Waals surface area contributed by atoms with E-state index in [4.69, 9.17) is 4.74 Å². The molecule has 0 fully saturated rings. The Kier molecular flexibility index (Phi) is 2.04. The normalized spacial score (nSPS) is 10.7. The summed E-state index contributed by atoms with van der Waals surface area (Å²) in [6.07, 6.45) is 0. The summed E-state index contributed by atoms with van der Waals surface area (Å²) in [4.78, 5) is 3.28. The van der Waals surface area contributed by atoms with E-state index in [1.54, 1.807) is 7.11 Å². The molecule has 0 unspecified atom stereocenters. The molecule has 0 aliphatic rings. The van der Waals surface area contributed by atoms with Gasteiger partial charge in [-0.05, 0) is 41.1 Å². The highest BCUT2D eigenvalue weighted by atomic mass is 79.9. The molecule has 2 nitrogen and oxygen atoms in total. The third kappa shape index (κ3) is 1.33. The number of H-pyrrole nitrogens is 1. The molecule has 0 saturated heterocycles. The monoisotopic (exact) mass is 239 g/mol. The van der Waals surface area contributed by atoms with Gasteiger partial charge in [-0.1, -0.05) is 0 Å². The molecule has 1 N–H and O–H groups in total. The van der Waals surface area contributed by atoms with E-state index < -0.39 is 0 Å². The van der Waals surface area contributed by atoms with Gasteiger partial charge in [0.1, 0.15) is 5.75 Å². The maximum absolute atomic E-state index is 5.15. The number of hydrogen-bond acceptors (Lipinski definition) is 1. The van der Waals surface area contributed by atoms with Crippen LogP contribution >= 0.6 is 15.9 Å². The number of nitrogens with one attached hydrogen (secondary N) is 1. The molecule has 3 heteroatoms. The number of aromatic nitrogens is 1. The predicted molar refractivity (Wildman–Crippen MR) is 57.3 cm³/mol. The fraction of sp³-hybridized carbons (Fsp3) is 0.200. The van der Waals surface area contributed by atoms with E-state index in [1.165, 1.54) is 0 Å². The third-order valence-electron chi connectivity index (χ3n) is 2.11. The van der Waals surface area contributed by atoms with E-state index in [0.717, 1.165) is 26.8 Å². The lowest BCUT2D eigenvalue weighted by molar-refractivity contribution is 0.415. The molecule has 1 aromatic carbocycles. The van der Waals surface area contributed by atoms with Gasteiger partial charge in [-0.15, -0.1) is 0 Å². The van der Waals surface area contributed by atoms with Crippen LogP contribution in [-0.4, -0.2) is 12.1 Å². The smallest absolute Gasteiger partial charge is 0.119 e. The number of methoxy groups -OCH3 is 1. The Labute approximate surface area is 85.0 Å². The van der Waals surface area contributed by atoms with Crippen molar-refractivity contribution in [3.63, 3.8) is 0 Å². The Hall–Kier alpha value is -0.960. The number of rotatable bonds is 1. The minimum atomic E-state index is 0.882. The summed E-state index contributed by atoms with van der Waals surface area (Å²) in [6.45, 7) is 2.04. The van der Waals surface area contributed by atoms with Crippen LogP contribution in [0.15, 0.2) is 22.7 Å². The average molecular weight is 240 g/mol. The second kappa shape index (κ2) is 3.07. The summed E-state index contributed by atoms with van der Waals surface area (Å²) < 4.78 is 6.26. The minimum Gasteiger partial charge on any atom is -0.497 e. The summed E-state index contributed by atoms with van der Waals surface area (Å²) in [6, 6.07) is 5.99. The zero-order valence-corrected chi connectivity index (χ0v) is 9.10. The van der Waals surface area contributed by atoms with Gasteiger partial charge in [0, 0.05) is 21.1 Å². The fourth-order valence-corrected chi connectivity index (χ4v) is 1.83. The Morgan fingerprint density at radius 2 is 2.15 bits per heavy atom. The van der Waals surface area contributed by atoms with E-state index in [0.29, 0.717) is 0 Å². The molecule has 68 valence electrons. The first-order valence-electron chi connectivity index (χ1n) is 4.04. The Bertz CT molecular complexity index is 447. The molecular weight excluding hydrogens is 230 g/mol. The van der Waals surface area contributed by atoms with Crippen LogP contribution in [0.1, 0.15) is 5.69 Å². The first-order chi connectivity index (χ1) is 6.22. The highest BCUT2D eigenvalue weighted by Gasteiger charge is 2.05. The summed E-state index contributed by atoms with van der Waals surface area (Å²) in [7, 11) is 1.68. The van der Waals surface area contributed by atoms with Gasteiger partial charge in [-0.25, -0.2) is 0 Å². The van der Waals surface area contributed by atoms with Gasteiger partial charge in [0.2, 0.25) is 0 Å². The summed E-state index contributed by atoms with van der Waals surface area (Å²) in [5.74, 6) is 0.882. The lowest BCUT2D eigenvalue weighted by Gasteiger charge is -1.98. The highest BCUT2D eigenvalue weighted by molar-refractivity contribution is 9.10. The van der Waals surface area contributed by atoms with Gasteiger partial charge >= 0.3 is 0 Å². The number of halogens is 1. The Balaban J connectivity index is 2.75. The van der Waals surface area contributed by atoms with Crippen molar-refractivity contribution in [1.82, 2.24) is 4.98 Å². The minimum absolute atomic E-state index is 0.882. The van der Waals surface area contributed by atoms with Gasteiger partial charge < -0.3 is 9.72 Å². The van der Waals surface area contributed by atoms with E-state index in [2.05, 4.69) is 20.9 Å². The van der Waals surface area contributed by atoms with Gasteiger partial charge in [0.25, 0.3) is 0 Å². The molecule has 0 aliphatic carbocycles. The van der Waals surface area contributed by atoms with Crippen molar-refractivity contribution < 1.29 is 4.74 Å². The molecule has 0 amide bonds. The fourth-order valence-electron chi connectivity index (χ4n) is 1.40. The molecule has 0 saturated carbocycles. The van der Waals surface area contributed by atoms with Gasteiger partial charge in [-0.3, -0.25) is 0 Å². The van der Waals surface area contributed by atoms with Crippen molar-refractivity contribution in [3.8, 4) is 5.75 Å². The molecule has 0 atom stereocenters. The standard InChI is InChI=1S/C10H10BrNO/c1-6-10(11)8-5-7(13-2)3-4-9(8)12-6/h3-5,12H,1-2H3. The second-order valence-corrected chi connectivity index (χ2v) is 3.77. The highest BCUT2D eigenvalue weighted by Crippen LogP contribution is 2.29. The molecule has 13 heavy (non-hydrogen) atoms. The van der Waals surface area contributed by atoms with Gasteiger partial charge in [-0.2, -0.15) is 0 Å². The number of fused-ring (bicyclic) bond motifs is 1. The Morgan fingerprint density at radius 1 is 1.38 bits per heavy atom. The maximum Gasteiger partial charge on any atom is 0.119 e. The molecule has 1 heterocycles. The molecule has 0 radical (unpaired) electrons. The molecule has 2 rings (SSSR count). The van der Waals surface area contributed by atoms with Crippen LogP contribution in [0.4, 0.5) is 0 Å². The lowest BCUT2D eigenvalue weighted by Crippen LogP contribution is -1.80. The lowest BCUT2D eigenvalue weighted by atomic mass is 10.2. The number of aromatic amines is 1. The van der Waals surface area contributed by atoms with E-state index in [-0.39, 0.29) is 0 Å². The summed E-state index contributed by atoms with van der Waals surface area (Å²) in [5, 5.41) is 1.16. The first kappa shape index (κ1) is 8.63. The topological polar surface area (TPSA) is 25.0 Å². The largest absolute Gasteiger partial charge is 0.497 e. The first-order valence-corrected chi connectivity index (χ1v) is 4.83. The van der Waals surface area contributed by atoms with Crippen molar-refractivity contribution in [3.05, 3.63) is 28.4 Å². The SMILES string of the molecule is COc1ccc2[nH]c(C)c(Br)c2c1. The van der Waals surface area contributed by atoms with Crippen LogP contribution in [0.3, 0.4) is 0 Å². The Morgan fingerprint density at radius 3 is 2.85 bits per heavy atom. The van der Waals surface area contributed by atoms with Gasteiger partial charge in [0.05, 0.1) is 7.11 Å². The average Bonchev–Trinajstić information content (AvgIpc) is 2.43. The second-order valence-electron chi connectivity index (χ2n) is 2.98. The molecule has 1 aromatic heterocycles. The molecule has 0 bridgehead atoms. The number of hydrogen-bond donors (Lipinski definition) is 1. The summed E-state index contributed by atoms with van der Waals surface area (Å²) in [5.41, 5.74) is 2.27. The van der Waals surface area contributed by atoms with Crippen LogP contribution < -0.4 is 4.74 Å². The zero-order valence-electron chi connectivity index (χ0n) is 7.52. The van der Waals surface area contributed by atoms with Crippen molar-refractivity contribution in [1.29, 1.82) is 0 Å². The van der Waals surface area contributed by atoms with Crippen molar-refractivity contribution in [2.75, 3.05) is 7.11 Å². The maximum atomic E-state index is 5.15. The molecule has 0 aliphatic heterocycles. The van der Waals surface area contributed by atoms with Crippen molar-refractivity contribution in [2.24, 2.45) is 0 Å². The van der Waals surface area contributed by atoms with E-state index in [1.807, 2.05) is 25.1 Å². The molecular formula is C10H10BrNO. The van der Waals surface area contributed by atoms with Gasteiger partial charge in [0.15, 0.2) is 0 Å². The van der Waals surface area contributed by atoms with Crippen molar-refractivity contribution in [2.45, 2.75) is 6.92 Å². The quantitative estimate of drug-likeness (QED) is 0.813. The van der Waals surface area contributed by atoms with Crippen LogP contribution in [0, 0.1) is 6.92 Å². The number of aryl methyl sites for hydroxylation is 1. The third-order valence-corrected chi connectivity index (χ3v) is 3.14. The van der Waals surface area contributed by atoms with Crippen LogP contribution in [0.5, 0.6) is 5.75 Å². The van der Waals surface area contributed by atoms with E-state index >= 15 is 0 Å². The molecule has 2 aromatic rings. The molecule has 0 spiro atoms. The summed E-state index contributed by atoms with van der Waals surface area (Å²) >= 11 is 3.53. The van der Waals surface area contributed by atoms with Crippen LogP contribution in [0.2, 0.25) is 0 Å².